The van der Waals surface area contributed by atoms with Crippen LogP contribution in [0.3, 0.4) is 0 Å². The molecule has 2 aromatic carbocycles. The molecule has 1 atom stereocenters. The van der Waals surface area contributed by atoms with Gasteiger partial charge in [0.15, 0.2) is 0 Å². The number of rotatable bonds is 1. The van der Waals surface area contributed by atoms with Gasteiger partial charge in [-0.05, 0) is 56.0 Å². The predicted octanol–water partition coefficient (Wildman–Crippen LogP) is 4.81. The first-order chi connectivity index (χ1) is 12.8. The molecule has 3 heterocycles. The maximum Gasteiger partial charge on any atom is 0.111 e. The molecule has 2 aliphatic rings. The summed E-state index contributed by atoms with van der Waals surface area (Å²) in [5.41, 5.74) is 6.30. The van der Waals surface area contributed by atoms with Crippen LogP contribution in [0.2, 0.25) is 0 Å². The molecule has 0 bridgehead atoms. The molecule has 0 aliphatic carbocycles. The van der Waals surface area contributed by atoms with Crippen molar-refractivity contribution in [1.82, 2.24) is 14.5 Å². The zero-order valence-electron chi connectivity index (χ0n) is 15.6. The molecule has 3 aromatic rings. The van der Waals surface area contributed by atoms with E-state index < -0.39 is 0 Å². The third kappa shape index (κ3) is 2.84. The Bertz CT molecular complexity index is 923. The van der Waals surface area contributed by atoms with Gasteiger partial charge in [0.2, 0.25) is 0 Å². The van der Waals surface area contributed by atoms with Gasteiger partial charge in [0, 0.05) is 25.6 Å². The predicted molar refractivity (Wildman–Crippen MR) is 107 cm³/mol. The fourth-order valence-electron chi connectivity index (χ4n) is 4.74. The fraction of sp³-hybridized carbons (Fsp3) is 0.435. The fourth-order valence-corrected chi connectivity index (χ4v) is 4.74. The monoisotopic (exact) mass is 345 g/mol. The Morgan fingerprint density at radius 3 is 2.58 bits per heavy atom. The van der Waals surface area contributed by atoms with Crippen LogP contribution >= 0.6 is 0 Å². The van der Waals surface area contributed by atoms with Gasteiger partial charge in [-0.25, -0.2) is 4.98 Å². The second kappa shape index (κ2) is 6.55. The Kier molecular flexibility index (Phi) is 4.05. The zero-order chi connectivity index (χ0) is 17.5. The summed E-state index contributed by atoms with van der Waals surface area (Å²) in [6.07, 6.45) is 6.41. The normalized spacial score (nSPS) is 21.0. The Morgan fingerprint density at radius 1 is 0.885 bits per heavy atom. The third-order valence-electron chi connectivity index (χ3n) is 6.21. The van der Waals surface area contributed by atoms with Gasteiger partial charge in [-0.2, -0.15) is 0 Å². The molecular weight excluding hydrogens is 318 g/mol. The smallest absolute Gasteiger partial charge is 0.111 e. The van der Waals surface area contributed by atoms with Crippen molar-refractivity contribution in [3.8, 4) is 11.1 Å². The number of piperidine rings is 1. The molecule has 3 heteroatoms. The number of aromatic nitrogens is 2. The molecule has 0 spiro atoms. The van der Waals surface area contributed by atoms with Crippen molar-refractivity contribution in [2.75, 3.05) is 13.1 Å². The van der Waals surface area contributed by atoms with Gasteiger partial charge in [0.1, 0.15) is 5.82 Å². The number of aryl methyl sites for hydroxylation is 2. The SMILES string of the molecule is Cc1ccc(-c2ccc3c(c2)nc2n3CCCN3CCCCC3C2)cc1. The van der Waals surface area contributed by atoms with Crippen LogP contribution in [0.5, 0.6) is 0 Å². The molecule has 0 N–H and O–H groups in total. The van der Waals surface area contributed by atoms with Crippen molar-refractivity contribution < 1.29 is 0 Å². The van der Waals surface area contributed by atoms with Crippen LogP contribution in [0.1, 0.15) is 37.1 Å². The van der Waals surface area contributed by atoms with E-state index in [1.54, 1.807) is 0 Å². The van der Waals surface area contributed by atoms with Gasteiger partial charge in [-0.1, -0.05) is 42.3 Å². The van der Waals surface area contributed by atoms with E-state index in [1.165, 1.54) is 66.8 Å². The third-order valence-corrected chi connectivity index (χ3v) is 6.21. The number of nitrogens with zero attached hydrogens (tertiary/aromatic N) is 3. The molecule has 134 valence electrons. The van der Waals surface area contributed by atoms with Crippen molar-refractivity contribution in [1.29, 1.82) is 0 Å². The first-order valence-corrected chi connectivity index (χ1v) is 10.1. The zero-order valence-corrected chi connectivity index (χ0v) is 15.6. The Labute approximate surface area is 155 Å². The summed E-state index contributed by atoms with van der Waals surface area (Å²) in [6.45, 7) is 5.75. The number of fused-ring (bicyclic) bond motifs is 4. The van der Waals surface area contributed by atoms with E-state index in [0.717, 1.165) is 18.5 Å². The van der Waals surface area contributed by atoms with Gasteiger partial charge in [-0.15, -0.1) is 0 Å². The summed E-state index contributed by atoms with van der Waals surface area (Å²) < 4.78 is 2.49. The van der Waals surface area contributed by atoms with E-state index in [0.29, 0.717) is 6.04 Å². The Balaban J connectivity index is 1.53. The minimum absolute atomic E-state index is 0.691. The van der Waals surface area contributed by atoms with Gasteiger partial charge in [0.25, 0.3) is 0 Å². The molecule has 2 aliphatic heterocycles. The molecular formula is C23H27N3. The van der Waals surface area contributed by atoms with E-state index in [-0.39, 0.29) is 0 Å². The molecule has 1 saturated heterocycles. The topological polar surface area (TPSA) is 21.1 Å². The van der Waals surface area contributed by atoms with Crippen LogP contribution in [0.15, 0.2) is 42.5 Å². The van der Waals surface area contributed by atoms with Gasteiger partial charge in [0.05, 0.1) is 11.0 Å². The van der Waals surface area contributed by atoms with E-state index in [4.69, 9.17) is 4.98 Å². The lowest BCUT2D eigenvalue weighted by atomic mass is 9.98. The molecule has 1 fully saturated rings. The lowest BCUT2D eigenvalue weighted by Gasteiger charge is -2.37. The average Bonchev–Trinajstić information content (AvgIpc) is 2.97. The maximum atomic E-state index is 5.09. The Hall–Kier alpha value is -2.13. The summed E-state index contributed by atoms with van der Waals surface area (Å²) in [6, 6.07) is 16.3. The highest BCUT2D eigenvalue weighted by Crippen LogP contribution is 2.29. The van der Waals surface area contributed by atoms with E-state index in [9.17, 15) is 0 Å². The Morgan fingerprint density at radius 2 is 1.69 bits per heavy atom. The minimum atomic E-state index is 0.691. The first-order valence-electron chi connectivity index (χ1n) is 10.1. The summed E-state index contributed by atoms with van der Waals surface area (Å²) in [7, 11) is 0. The van der Waals surface area contributed by atoms with Gasteiger partial charge in [-0.3, -0.25) is 4.90 Å². The molecule has 0 saturated carbocycles. The molecule has 26 heavy (non-hydrogen) atoms. The minimum Gasteiger partial charge on any atom is -0.328 e. The van der Waals surface area contributed by atoms with E-state index in [1.807, 2.05) is 0 Å². The number of hydrogen-bond donors (Lipinski definition) is 0. The highest BCUT2D eigenvalue weighted by atomic mass is 15.2. The van der Waals surface area contributed by atoms with Crippen molar-refractivity contribution in [2.45, 2.75) is 51.6 Å². The first kappa shape index (κ1) is 16.1. The van der Waals surface area contributed by atoms with Crippen LogP contribution in [0.25, 0.3) is 22.2 Å². The summed E-state index contributed by atoms with van der Waals surface area (Å²) >= 11 is 0. The lowest BCUT2D eigenvalue weighted by molar-refractivity contribution is 0.135. The van der Waals surface area contributed by atoms with Crippen LogP contribution in [0.4, 0.5) is 0 Å². The second-order valence-electron chi connectivity index (χ2n) is 7.99. The lowest BCUT2D eigenvalue weighted by Crippen LogP contribution is -2.43. The quantitative estimate of drug-likeness (QED) is 0.631. The molecule has 1 unspecified atom stereocenters. The van der Waals surface area contributed by atoms with E-state index in [2.05, 4.69) is 58.9 Å². The van der Waals surface area contributed by atoms with Crippen molar-refractivity contribution in [3.63, 3.8) is 0 Å². The second-order valence-corrected chi connectivity index (χ2v) is 7.99. The maximum absolute atomic E-state index is 5.09. The molecule has 1 aromatic heterocycles. The highest BCUT2D eigenvalue weighted by molar-refractivity contribution is 5.82. The van der Waals surface area contributed by atoms with Crippen LogP contribution in [-0.4, -0.2) is 33.6 Å². The number of benzene rings is 2. The van der Waals surface area contributed by atoms with Gasteiger partial charge >= 0.3 is 0 Å². The highest BCUT2D eigenvalue weighted by Gasteiger charge is 2.26. The standard InChI is InChI=1S/C23H27N3/c1-17-6-8-18(9-7-17)19-10-11-22-21(15-19)24-23-16-20-5-2-3-12-25(20)13-4-14-26(22)23/h6-11,15,20H,2-5,12-14,16H2,1H3. The van der Waals surface area contributed by atoms with Crippen molar-refractivity contribution >= 4 is 11.0 Å². The van der Waals surface area contributed by atoms with Gasteiger partial charge < -0.3 is 4.57 Å². The van der Waals surface area contributed by atoms with Crippen LogP contribution < -0.4 is 0 Å². The van der Waals surface area contributed by atoms with Crippen molar-refractivity contribution in [3.05, 3.63) is 53.9 Å². The molecule has 3 nitrogen and oxygen atoms in total. The van der Waals surface area contributed by atoms with E-state index >= 15 is 0 Å². The van der Waals surface area contributed by atoms with Crippen molar-refractivity contribution in [2.24, 2.45) is 0 Å². The van der Waals surface area contributed by atoms with Crippen LogP contribution in [-0.2, 0) is 13.0 Å². The average molecular weight is 345 g/mol. The van der Waals surface area contributed by atoms with Crippen LogP contribution in [0, 0.1) is 6.92 Å². The largest absolute Gasteiger partial charge is 0.328 e. The summed E-state index contributed by atoms with van der Waals surface area (Å²) in [5, 5.41) is 0. The summed E-state index contributed by atoms with van der Waals surface area (Å²) in [5.74, 6) is 1.29. The molecule has 5 rings (SSSR count). The summed E-state index contributed by atoms with van der Waals surface area (Å²) in [4.78, 5) is 7.80. The number of imidazole rings is 1. The number of hydrogen-bond acceptors (Lipinski definition) is 2. The molecule has 0 amide bonds. The molecule has 0 radical (unpaired) electrons.